The molecule has 0 spiro atoms. The number of aromatic nitrogens is 5. The highest BCUT2D eigenvalue weighted by molar-refractivity contribution is 5.88. The van der Waals surface area contributed by atoms with Crippen LogP contribution in [0.15, 0.2) is 10.9 Å². The van der Waals surface area contributed by atoms with Gasteiger partial charge in [-0.1, -0.05) is 25.9 Å². The zero-order chi connectivity index (χ0) is 13.9. The third kappa shape index (κ3) is 3.60. The zero-order valence-corrected chi connectivity index (χ0v) is 11.1. The Bertz CT molecular complexity index is 540. The molecular weight excluding hydrogens is 248 g/mol. The number of nitrogens with one attached hydrogen (secondary N) is 2. The molecule has 1 amide bonds. The number of aromatic amines is 1. The molecule has 0 aliphatic rings. The van der Waals surface area contributed by atoms with Crippen molar-refractivity contribution in [2.75, 3.05) is 5.32 Å². The number of carbonyl (C=O) groups excluding carboxylic acids is 1. The number of H-pyrrole nitrogens is 1. The fraction of sp³-hybridized carbons (Fsp3) is 0.545. The van der Waals surface area contributed by atoms with Crippen LogP contribution in [0, 0.1) is 0 Å². The number of nitrogens with zero attached hydrogens (tertiary/aromatic N) is 4. The van der Waals surface area contributed by atoms with Gasteiger partial charge in [-0.25, -0.2) is 5.10 Å². The Kier molecular flexibility index (Phi) is 3.59. The molecule has 8 heteroatoms. The Morgan fingerprint density at radius 3 is 2.84 bits per heavy atom. The molecule has 0 saturated heterocycles. The number of aryl methyl sites for hydroxylation is 1. The number of hydrogen-bond donors (Lipinski definition) is 2. The SMILES string of the molecule is CC(C)(C)c1noc(CCC(=O)Nc2ncn[nH]2)n1. The second-order valence-corrected chi connectivity index (χ2v) is 5.14. The van der Waals surface area contributed by atoms with Crippen LogP contribution in [0.3, 0.4) is 0 Å². The summed E-state index contributed by atoms with van der Waals surface area (Å²) in [6, 6.07) is 0. The van der Waals surface area contributed by atoms with E-state index in [0.717, 1.165) is 0 Å². The average Bonchev–Trinajstić information content (AvgIpc) is 2.95. The molecule has 0 aliphatic heterocycles. The summed E-state index contributed by atoms with van der Waals surface area (Å²) >= 11 is 0. The first-order chi connectivity index (χ1) is 8.95. The third-order valence-corrected chi connectivity index (χ3v) is 2.38. The molecule has 0 radical (unpaired) electrons. The van der Waals surface area contributed by atoms with Crippen LogP contribution < -0.4 is 5.32 Å². The molecule has 0 fully saturated rings. The summed E-state index contributed by atoms with van der Waals surface area (Å²) in [6.45, 7) is 5.99. The van der Waals surface area contributed by atoms with Gasteiger partial charge >= 0.3 is 0 Å². The van der Waals surface area contributed by atoms with Crippen LogP contribution in [0.1, 0.15) is 38.9 Å². The van der Waals surface area contributed by atoms with Crippen molar-refractivity contribution in [2.45, 2.75) is 39.0 Å². The molecule has 0 unspecified atom stereocenters. The van der Waals surface area contributed by atoms with Gasteiger partial charge in [0.2, 0.25) is 17.7 Å². The highest BCUT2D eigenvalue weighted by atomic mass is 16.5. The van der Waals surface area contributed by atoms with Gasteiger partial charge in [0.15, 0.2) is 5.82 Å². The van der Waals surface area contributed by atoms with Crippen LogP contribution in [0.2, 0.25) is 0 Å². The van der Waals surface area contributed by atoms with E-state index >= 15 is 0 Å². The van der Waals surface area contributed by atoms with E-state index in [-0.39, 0.29) is 17.7 Å². The lowest BCUT2D eigenvalue weighted by Crippen LogP contribution is -2.14. The molecular formula is C11H16N6O2. The summed E-state index contributed by atoms with van der Waals surface area (Å²) in [4.78, 5) is 19.7. The Morgan fingerprint density at radius 1 is 1.47 bits per heavy atom. The molecule has 102 valence electrons. The summed E-state index contributed by atoms with van der Waals surface area (Å²) in [5, 5.41) is 12.6. The van der Waals surface area contributed by atoms with Crippen LogP contribution in [0.5, 0.6) is 0 Å². The number of rotatable bonds is 4. The maximum atomic E-state index is 11.6. The topological polar surface area (TPSA) is 110 Å². The lowest BCUT2D eigenvalue weighted by Gasteiger charge is -2.10. The molecule has 0 aliphatic carbocycles. The quantitative estimate of drug-likeness (QED) is 0.854. The molecule has 0 saturated carbocycles. The van der Waals surface area contributed by atoms with Crippen LogP contribution in [0.4, 0.5) is 5.95 Å². The smallest absolute Gasteiger partial charge is 0.227 e. The first kappa shape index (κ1) is 13.2. The molecule has 8 nitrogen and oxygen atoms in total. The van der Waals surface area contributed by atoms with Gasteiger partial charge in [-0.2, -0.15) is 15.1 Å². The van der Waals surface area contributed by atoms with Gasteiger partial charge in [0, 0.05) is 18.3 Å². The zero-order valence-electron chi connectivity index (χ0n) is 11.1. The van der Waals surface area contributed by atoms with E-state index in [1.807, 2.05) is 20.8 Å². The molecule has 0 bridgehead atoms. The van der Waals surface area contributed by atoms with Crippen molar-refractivity contribution >= 4 is 11.9 Å². The Hall–Kier alpha value is -2.25. The lowest BCUT2D eigenvalue weighted by molar-refractivity contribution is -0.116. The van der Waals surface area contributed by atoms with Gasteiger partial charge in [-0.15, -0.1) is 0 Å². The minimum atomic E-state index is -0.188. The molecule has 19 heavy (non-hydrogen) atoms. The van der Waals surface area contributed by atoms with Gasteiger partial charge in [-0.3, -0.25) is 10.1 Å². The fourth-order valence-electron chi connectivity index (χ4n) is 1.34. The maximum Gasteiger partial charge on any atom is 0.227 e. The molecule has 2 N–H and O–H groups in total. The Morgan fingerprint density at radius 2 is 2.26 bits per heavy atom. The standard InChI is InChI=1S/C11H16N6O2/c1-11(2,3)9-15-8(19-17-9)5-4-7(18)14-10-12-6-13-16-10/h6H,4-5H2,1-3H3,(H2,12,13,14,16,18). The summed E-state index contributed by atoms with van der Waals surface area (Å²) in [7, 11) is 0. The van der Waals surface area contributed by atoms with Crippen molar-refractivity contribution < 1.29 is 9.32 Å². The van der Waals surface area contributed by atoms with E-state index in [2.05, 4.69) is 30.6 Å². The predicted molar refractivity (Wildman–Crippen MR) is 66.3 cm³/mol. The van der Waals surface area contributed by atoms with E-state index in [0.29, 0.717) is 24.1 Å². The number of anilines is 1. The highest BCUT2D eigenvalue weighted by Gasteiger charge is 2.21. The Balaban J connectivity index is 1.85. The highest BCUT2D eigenvalue weighted by Crippen LogP contribution is 2.18. The van der Waals surface area contributed by atoms with Crippen molar-refractivity contribution in [1.82, 2.24) is 25.3 Å². The van der Waals surface area contributed by atoms with E-state index in [4.69, 9.17) is 4.52 Å². The molecule has 2 aromatic rings. The van der Waals surface area contributed by atoms with Gasteiger partial charge in [0.1, 0.15) is 6.33 Å². The number of hydrogen-bond acceptors (Lipinski definition) is 6. The third-order valence-electron chi connectivity index (χ3n) is 2.38. The summed E-state index contributed by atoms with van der Waals surface area (Å²) < 4.78 is 5.10. The van der Waals surface area contributed by atoms with E-state index in [1.165, 1.54) is 6.33 Å². The molecule has 2 aromatic heterocycles. The summed E-state index contributed by atoms with van der Waals surface area (Å²) in [5.41, 5.74) is -0.163. The van der Waals surface area contributed by atoms with Crippen molar-refractivity contribution in [2.24, 2.45) is 0 Å². The minimum absolute atomic E-state index is 0.163. The first-order valence-electron chi connectivity index (χ1n) is 5.93. The van der Waals surface area contributed by atoms with Crippen LogP contribution in [-0.2, 0) is 16.6 Å². The van der Waals surface area contributed by atoms with Crippen molar-refractivity contribution in [3.63, 3.8) is 0 Å². The number of amides is 1. The van der Waals surface area contributed by atoms with E-state index < -0.39 is 0 Å². The van der Waals surface area contributed by atoms with Crippen molar-refractivity contribution in [3.05, 3.63) is 18.0 Å². The van der Waals surface area contributed by atoms with Crippen LogP contribution >= 0.6 is 0 Å². The second kappa shape index (κ2) is 5.17. The lowest BCUT2D eigenvalue weighted by atomic mass is 9.96. The molecule has 0 aromatic carbocycles. The van der Waals surface area contributed by atoms with Gasteiger partial charge < -0.3 is 4.52 Å². The molecule has 2 rings (SSSR count). The molecule has 2 heterocycles. The van der Waals surface area contributed by atoms with E-state index in [1.54, 1.807) is 0 Å². The van der Waals surface area contributed by atoms with E-state index in [9.17, 15) is 4.79 Å². The fourth-order valence-corrected chi connectivity index (χ4v) is 1.34. The summed E-state index contributed by atoms with van der Waals surface area (Å²) in [5.74, 6) is 1.23. The molecule has 0 atom stereocenters. The largest absolute Gasteiger partial charge is 0.339 e. The normalized spacial score (nSPS) is 11.5. The maximum absolute atomic E-state index is 11.6. The van der Waals surface area contributed by atoms with Gasteiger partial charge in [0.25, 0.3) is 0 Å². The van der Waals surface area contributed by atoms with Gasteiger partial charge in [0.05, 0.1) is 0 Å². The Labute approximate surface area is 110 Å². The predicted octanol–water partition coefficient (Wildman–Crippen LogP) is 1.06. The van der Waals surface area contributed by atoms with Crippen LogP contribution in [-0.4, -0.2) is 31.2 Å². The first-order valence-corrected chi connectivity index (χ1v) is 5.93. The minimum Gasteiger partial charge on any atom is -0.339 e. The van der Waals surface area contributed by atoms with Crippen LogP contribution in [0.25, 0.3) is 0 Å². The van der Waals surface area contributed by atoms with Gasteiger partial charge in [-0.05, 0) is 0 Å². The average molecular weight is 264 g/mol. The van der Waals surface area contributed by atoms with Crippen molar-refractivity contribution in [1.29, 1.82) is 0 Å². The number of carbonyl (C=O) groups is 1. The monoisotopic (exact) mass is 264 g/mol. The van der Waals surface area contributed by atoms with Crippen molar-refractivity contribution in [3.8, 4) is 0 Å². The second-order valence-electron chi connectivity index (χ2n) is 5.14. The summed E-state index contributed by atoms with van der Waals surface area (Å²) in [6.07, 6.45) is 1.96.